The van der Waals surface area contributed by atoms with Crippen LogP contribution < -0.4 is 19.7 Å². The van der Waals surface area contributed by atoms with Crippen molar-refractivity contribution in [1.29, 1.82) is 0 Å². The number of hydrogen-bond acceptors (Lipinski definition) is 9. The number of rotatable bonds is 10. The number of methoxy groups -OCH3 is 1. The summed E-state index contributed by atoms with van der Waals surface area (Å²) in [4.78, 5) is 27.0. The number of para-hydroxylation sites is 2. The largest absolute Gasteiger partial charge is 0.497 e. The first-order valence-electron chi connectivity index (χ1n) is 14.6. The van der Waals surface area contributed by atoms with Crippen LogP contribution in [-0.2, 0) is 15.7 Å². The van der Waals surface area contributed by atoms with E-state index in [9.17, 15) is 13.2 Å². The summed E-state index contributed by atoms with van der Waals surface area (Å²) < 4.78 is 32.0. The van der Waals surface area contributed by atoms with Gasteiger partial charge < -0.3 is 15.4 Å². The molecule has 0 atom stereocenters. The van der Waals surface area contributed by atoms with Crippen molar-refractivity contribution in [2.75, 3.05) is 54.8 Å². The predicted molar refractivity (Wildman–Crippen MR) is 174 cm³/mol. The highest BCUT2D eigenvalue weighted by Gasteiger charge is 2.33. The Kier molecular flexibility index (Phi) is 9.12. The maximum atomic E-state index is 12.9. The highest BCUT2D eigenvalue weighted by Crippen LogP contribution is 2.36. The zero-order chi connectivity index (χ0) is 30.6. The van der Waals surface area contributed by atoms with E-state index in [1.165, 1.54) is 19.3 Å². The number of nitrogens with one attached hydrogen (secondary N) is 2. The molecule has 2 fully saturated rings. The molecule has 0 bridgehead atoms. The molecule has 44 heavy (non-hydrogen) atoms. The Hall–Kier alpha value is -3.97. The lowest BCUT2D eigenvalue weighted by Gasteiger charge is -2.46. The average Bonchev–Trinajstić information content (AvgIpc) is 3.00. The van der Waals surface area contributed by atoms with Crippen molar-refractivity contribution >= 4 is 68.1 Å². The summed E-state index contributed by atoms with van der Waals surface area (Å²) in [5.41, 5.74) is 2.30. The Morgan fingerprint density at radius 1 is 1.00 bits per heavy atom. The zero-order valence-electron chi connectivity index (χ0n) is 24.3. The second kappa shape index (κ2) is 13.3. The fourth-order valence-electron chi connectivity index (χ4n) is 5.68. The number of amides is 1. The summed E-state index contributed by atoms with van der Waals surface area (Å²) in [5.74, 6) is 0.625. The van der Waals surface area contributed by atoms with Crippen molar-refractivity contribution in [1.82, 2.24) is 19.8 Å². The van der Waals surface area contributed by atoms with Crippen LogP contribution in [0.1, 0.15) is 19.3 Å². The third kappa shape index (κ3) is 6.73. The number of carbonyl (C=O) groups is 1. The fourth-order valence-corrected chi connectivity index (χ4v) is 6.45. The molecule has 230 valence electrons. The average molecular weight is 636 g/mol. The first-order valence-corrected chi connectivity index (χ1v) is 16.1. The minimum absolute atomic E-state index is 0.0477. The normalized spacial score (nSPS) is 16.1. The summed E-state index contributed by atoms with van der Waals surface area (Å²) >= 11 is 6.45. The van der Waals surface area contributed by atoms with Gasteiger partial charge in [-0.15, -0.1) is 0 Å². The number of nitrogens with zero attached hydrogens (tertiary/aromatic N) is 5. The number of hydrogen-bond donors (Lipinski definition) is 3. The van der Waals surface area contributed by atoms with Crippen molar-refractivity contribution in [3.05, 3.63) is 71.8 Å². The number of carbonyl (C=O) groups excluding carboxylic acids is 1. The molecule has 4 aromatic rings. The van der Waals surface area contributed by atoms with Crippen molar-refractivity contribution in [3.8, 4) is 5.75 Å². The quantitative estimate of drug-likeness (QED) is 0.211. The smallest absolute Gasteiger partial charge is 0.238 e. The fraction of sp³-hybridized carbons (Fsp3) is 0.323. The van der Waals surface area contributed by atoms with E-state index >= 15 is 0 Å². The third-order valence-corrected chi connectivity index (χ3v) is 9.01. The molecule has 0 spiro atoms. The SMILES string of the molecule is COc1ccc(Cl)c(Nc2nc3ccccc3nc2N(c2cccc(NC(=O)CN3CC(N4CCCCC4)C3)c2)[SH](=O)=O)c1. The van der Waals surface area contributed by atoms with E-state index in [2.05, 4.69) is 25.4 Å². The summed E-state index contributed by atoms with van der Waals surface area (Å²) in [5, 5.41) is 6.46. The number of ether oxygens (including phenoxy) is 1. The Labute approximate surface area is 262 Å². The van der Waals surface area contributed by atoms with Crippen molar-refractivity contribution in [2.45, 2.75) is 25.3 Å². The number of thiol groups is 1. The molecule has 0 aliphatic carbocycles. The van der Waals surface area contributed by atoms with Crippen molar-refractivity contribution in [2.24, 2.45) is 0 Å². The molecule has 13 heteroatoms. The van der Waals surface area contributed by atoms with Crippen LogP contribution in [0.2, 0.25) is 5.02 Å². The summed E-state index contributed by atoms with van der Waals surface area (Å²) in [7, 11) is -1.68. The van der Waals surface area contributed by atoms with Gasteiger partial charge in [-0.05, 0) is 68.4 Å². The molecular formula is C31H34ClN7O4S. The van der Waals surface area contributed by atoms with Crippen LogP contribution in [0.3, 0.4) is 0 Å². The minimum Gasteiger partial charge on any atom is -0.497 e. The molecule has 1 amide bonds. The van der Waals surface area contributed by atoms with Gasteiger partial charge in [0.05, 0.1) is 41.1 Å². The van der Waals surface area contributed by atoms with Gasteiger partial charge in [0.15, 0.2) is 11.6 Å². The number of benzene rings is 3. The second-order valence-corrected chi connectivity index (χ2v) is 12.2. The number of fused-ring (bicyclic) bond motifs is 1. The van der Waals surface area contributed by atoms with Gasteiger partial charge in [0.2, 0.25) is 16.8 Å². The van der Waals surface area contributed by atoms with Gasteiger partial charge in [-0.3, -0.25) is 14.6 Å². The lowest BCUT2D eigenvalue weighted by atomic mass is 10.0. The van der Waals surface area contributed by atoms with E-state index < -0.39 is 10.9 Å². The number of halogens is 1. The van der Waals surface area contributed by atoms with E-state index in [1.807, 2.05) is 6.07 Å². The molecular weight excluding hydrogens is 602 g/mol. The van der Waals surface area contributed by atoms with E-state index in [-0.39, 0.29) is 29.8 Å². The molecule has 3 aromatic carbocycles. The van der Waals surface area contributed by atoms with Crippen LogP contribution >= 0.6 is 11.6 Å². The van der Waals surface area contributed by atoms with Gasteiger partial charge in [-0.2, -0.15) is 0 Å². The molecule has 6 rings (SSSR count). The van der Waals surface area contributed by atoms with Gasteiger partial charge >= 0.3 is 0 Å². The van der Waals surface area contributed by atoms with E-state index in [4.69, 9.17) is 21.3 Å². The van der Waals surface area contributed by atoms with Crippen LogP contribution in [0, 0.1) is 0 Å². The molecule has 2 aliphatic rings. The monoisotopic (exact) mass is 635 g/mol. The number of piperidine rings is 1. The third-order valence-electron chi connectivity index (χ3n) is 7.93. The molecule has 2 N–H and O–H groups in total. The molecule has 0 saturated carbocycles. The lowest BCUT2D eigenvalue weighted by molar-refractivity contribution is -0.119. The predicted octanol–water partition coefficient (Wildman–Crippen LogP) is 4.81. The maximum Gasteiger partial charge on any atom is 0.238 e. The minimum atomic E-state index is -3.22. The highest BCUT2D eigenvalue weighted by atomic mass is 35.5. The summed E-state index contributed by atoms with van der Waals surface area (Å²) in [6.07, 6.45) is 3.79. The molecule has 1 aromatic heterocycles. The standard InChI is InChI=1S/C31H34ClN7O4S/c1-43-24-12-13-25(32)28(17-24)35-30-31(36-27-11-4-3-10-26(27)34-30)39(44(41)42)22-9-7-8-21(16-22)33-29(40)20-37-18-23(19-37)38-14-5-2-6-15-38/h3-4,7-13,16-17,23,44H,2,5-6,14-15,18-20H2,1H3,(H,33,40)(H,34,35). The Morgan fingerprint density at radius 3 is 2.48 bits per heavy atom. The zero-order valence-corrected chi connectivity index (χ0v) is 25.9. The van der Waals surface area contributed by atoms with Crippen LogP contribution in [0.5, 0.6) is 5.75 Å². The molecule has 11 nitrogen and oxygen atoms in total. The second-order valence-electron chi connectivity index (χ2n) is 10.9. The van der Waals surface area contributed by atoms with Crippen LogP contribution in [0.25, 0.3) is 11.0 Å². The van der Waals surface area contributed by atoms with E-state index in [0.717, 1.165) is 30.5 Å². The molecule has 2 aliphatic heterocycles. The Morgan fingerprint density at radius 2 is 1.75 bits per heavy atom. The molecule has 0 radical (unpaired) electrons. The van der Waals surface area contributed by atoms with Crippen molar-refractivity contribution < 1.29 is 17.9 Å². The highest BCUT2D eigenvalue weighted by molar-refractivity contribution is 7.74. The molecule has 2 saturated heterocycles. The molecule has 0 unspecified atom stereocenters. The van der Waals surface area contributed by atoms with Gasteiger partial charge in [-0.25, -0.2) is 22.7 Å². The lowest BCUT2D eigenvalue weighted by Crippen LogP contribution is -2.61. The molecule has 3 heterocycles. The number of aromatic nitrogens is 2. The van der Waals surface area contributed by atoms with Gasteiger partial charge in [0.1, 0.15) is 5.75 Å². The number of likely N-dealkylation sites (tertiary alicyclic amines) is 2. The van der Waals surface area contributed by atoms with E-state index in [1.54, 1.807) is 67.8 Å². The van der Waals surface area contributed by atoms with Gasteiger partial charge in [0, 0.05) is 30.9 Å². The summed E-state index contributed by atoms with van der Waals surface area (Å²) in [6.45, 7) is 4.32. The first-order chi connectivity index (χ1) is 21.4. The Bertz CT molecular complexity index is 1730. The van der Waals surface area contributed by atoms with Crippen molar-refractivity contribution in [3.63, 3.8) is 0 Å². The maximum absolute atomic E-state index is 12.9. The first kappa shape index (κ1) is 30.1. The van der Waals surface area contributed by atoms with Crippen LogP contribution in [0.4, 0.5) is 28.7 Å². The number of anilines is 5. The van der Waals surface area contributed by atoms with Crippen LogP contribution in [-0.4, -0.2) is 80.0 Å². The van der Waals surface area contributed by atoms with Gasteiger partial charge in [0.25, 0.3) is 0 Å². The Balaban J connectivity index is 1.24. The van der Waals surface area contributed by atoms with E-state index in [0.29, 0.717) is 39.2 Å². The van der Waals surface area contributed by atoms with Crippen LogP contribution in [0.15, 0.2) is 66.7 Å². The summed E-state index contributed by atoms with van der Waals surface area (Å²) in [6, 6.07) is 19.4. The topological polar surface area (TPSA) is 120 Å². The van der Waals surface area contributed by atoms with Gasteiger partial charge in [-0.1, -0.05) is 36.2 Å².